The van der Waals surface area contributed by atoms with Crippen molar-refractivity contribution < 1.29 is 18.0 Å². The topological polar surface area (TPSA) is 33.2 Å². The summed E-state index contributed by atoms with van der Waals surface area (Å²) >= 11 is 11.3. The molecule has 0 bridgehead atoms. The Bertz CT molecular complexity index is 477. The molecule has 8 heteroatoms. The Morgan fingerprint density at radius 3 is 2.42 bits per heavy atom. The van der Waals surface area contributed by atoms with Gasteiger partial charge in [-0.2, -0.15) is 13.2 Å². The van der Waals surface area contributed by atoms with Gasteiger partial charge in [0, 0.05) is 12.2 Å². The van der Waals surface area contributed by atoms with Crippen LogP contribution in [0.5, 0.6) is 0 Å². The summed E-state index contributed by atoms with van der Waals surface area (Å²) in [7, 11) is 0. The van der Waals surface area contributed by atoms with Crippen LogP contribution in [0.1, 0.15) is 24.2 Å². The molecule has 1 aromatic rings. The van der Waals surface area contributed by atoms with Crippen molar-refractivity contribution in [3.8, 4) is 0 Å². The molecule has 0 aliphatic rings. The maximum absolute atomic E-state index is 12.4. The van der Waals surface area contributed by atoms with Crippen LogP contribution in [0.15, 0.2) is 12.3 Å². The molecule has 0 atom stereocenters. The van der Waals surface area contributed by atoms with Crippen molar-refractivity contribution in [2.75, 3.05) is 6.54 Å². The standard InChI is InChI=1S/C11H11Cl2F3N2O/c1-6(2)18(5-11(14,15)16)10(19)7-3-8(12)9(13)17-4-7/h3-4,6H,5H2,1-2H3. The Morgan fingerprint density at radius 1 is 1.42 bits per heavy atom. The van der Waals surface area contributed by atoms with Crippen LogP contribution in [-0.2, 0) is 0 Å². The van der Waals surface area contributed by atoms with E-state index in [9.17, 15) is 18.0 Å². The Morgan fingerprint density at radius 2 is 2.00 bits per heavy atom. The molecular formula is C11H11Cl2F3N2O. The molecule has 0 unspecified atom stereocenters. The van der Waals surface area contributed by atoms with Crippen molar-refractivity contribution in [1.82, 2.24) is 9.88 Å². The third-order valence-electron chi connectivity index (χ3n) is 2.28. The van der Waals surface area contributed by atoms with Crippen LogP contribution in [0.25, 0.3) is 0 Å². The molecule has 0 aliphatic carbocycles. The van der Waals surface area contributed by atoms with E-state index in [2.05, 4.69) is 4.98 Å². The summed E-state index contributed by atoms with van der Waals surface area (Å²) in [6.45, 7) is 1.66. The molecule has 1 amide bonds. The lowest BCUT2D eigenvalue weighted by Crippen LogP contribution is -2.43. The number of nitrogens with zero attached hydrogens (tertiary/aromatic N) is 2. The number of carbonyl (C=O) groups is 1. The number of amides is 1. The van der Waals surface area contributed by atoms with Gasteiger partial charge in [0.05, 0.1) is 10.6 Å². The Kier molecular flexibility index (Phi) is 5.04. The van der Waals surface area contributed by atoms with E-state index in [1.165, 1.54) is 19.9 Å². The number of alkyl halides is 3. The summed E-state index contributed by atoms with van der Waals surface area (Å²) in [5, 5.41) is 0.00775. The largest absolute Gasteiger partial charge is 0.406 e. The first-order valence-electron chi connectivity index (χ1n) is 5.30. The molecule has 19 heavy (non-hydrogen) atoms. The normalized spacial score (nSPS) is 11.8. The number of pyridine rings is 1. The molecule has 0 N–H and O–H groups in total. The third kappa shape index (κ3) is 4.54. The zero-order valence-corrected chi connectivity index (χ0v) is 11.6. The number of aromatic nitrogens is 1. The number of rotatable bonds is 3. The van der Waals surface area contributed by atoms with Crippen LogP contribution >= 0.6 is 23.2 Å². The Hall–Kier alpha value is -1.01. The maximum atomic E-state index is 12.4. The molecule has 0 saturated carbocycles. The minimum atomic E-state index is -4.47. The third-order valence-corrected chi connectivity index (χ3v) is 2.96. The van der Waals surface area contributed by atoms with E-state index in [1.54, 1.807) is 0 Å². The first kappa shape index (κ1) is 16.0. The lowest BCUT2D eigenvalue weighted by atomic mass is 10.2. The second-order valence-corrected chi connectivity index (χ2v) is 4.90. The van der Waals surface area contributed by atoms with Crippen molar-refractivity contribution in [1.29, 1.82) is 0 Å². The highest BCUT2D eigenvalue weighted by molar-refractivity contribution is 6.41. The molecule has 0 saturated heterocycles. The molecule has 0 aliphatic heterocycles. The van der Waals surface area contributed by atoms with Crippen LogP contribution in [0.4, 0.5) is 13.2 Å². The Balaban J connectivity index is 3.02. The van der Waals surface area contributed by atoms with Crippen molar-refractivity contribution in [3.05, 3.63) is 28.0 Å². The predicted octanol–water partition coefficient (Wildman–Crippen LogP) is 3.80. The number of halogens is 5. The zero-order chi connectivity index (χ0) is 14.8. The van der Waals surface area contributed by atoms with E-state index in [-0.39, 0.29) is 15.7 Å². The van der Waals surface area contributed by atoms with Gasteiger partial charge in [0.15, 0.2) is 0 Å². The molecule has 106 valence electrons. The smallest absolute Gasteiger partial charge is 0.327 e. The highest BCUT2D eigenvalue weighted by Crippen LogP contribution is 2.23. The number of carbonyl (C=O) groups excluding carboxylic acids is 1. The monoisotopic (exact) mass is 314 g/mol. The molecule has 3 nitrogen and oxygen atoms in total. The van der Waals surface area contributed by atoms with Gasteiger partial charge in [-0.1, -0.05) is 23.2 Å². The van der Waals surface area contributed by atoms with E-state index >= 15 is 0 Å². The van der Waals surface area contributed by atoms with E-state index in [0.29, 0.717) is 4.90 Å². The van der Waals surface area contributed by atoms with E-state index < -0.39 is 24.7 Å². The first-order valence-corrected chi connectivity index (χ1v) is 6.06. The van der Waals surface area contributed by atoms with Gasteiger partial charge in [0.1, 0.15) is 11.7 Å². The molecule has 1 heterocycles. The summed E-state index contributed by atoms with van der Waals surface area (Å²) in [6, 6.07) is 0.592. The van der Waals surface area contributed by atoms with E-state index in [0.717, 1.165) is 6.20 Å². The van der Waals surface area contributed by atoms with Gasteiger partial charge in [-0.25, -0.2) is 4.98 Å². The lowest BCUT2D eigenvalue weighted by molar-refractivity contribution is -0.143. The van der Waals surface area contributed by atoms with Gasteiger partial charge in [0.25, 0.3) is 5.91 Å². The van der Waals surface area contributed by atoms with Crippen molar-refractivity contribution in [2.45, 2.75) is 26.1 Å². The van der Waals surface area contributed by atoms with E-state index in [4.69, 9.17) is 23.2 Å². The summed E-state index contributed by atoms with van der Waals surface area (Å²) in [5.74, 6) is -0.793. The summed E-state index contributed by atoms with van der Waals surface area (Å²) in [4.78, 5) is 16.4. The van der Waals surface area contributed by atoms with Gasteiger partial charge < -0.3 is 4.90 Å². The number of hydrogen-bond donors (Lipinski definition) is 0. The predicted molar refractivity (Wildman–Crippen MR) is 66.5 cm³/mol. The maximum Gasteiger partial charge on any atom is 0.406 e. The average Bonchev–Trinajstić information content (AvgIpc) is 2.27. The summed E-state index contributed by atoms with van der Waals surface area (Å²) < 4.78 is 37.3. The fourth-order valence-electron chi connectivity index (χ4n) is 1.39. The SMILES string of the molecule is CC(C)N(CC(F)(F)F)C(=O)c1cnc(Cl)c(Cl)c1. The van der Waals surface area contributed by atoms with Gasteiger partial charge in [-0.3, -0.25) is 4.79 Å². The summed E-state index contributed by atoms with van der Waals surface area (Å²) in [6.07, 6.45) is -3.37. The lowest BCUT2D eigenvalue weighted by Gasteiger charge is -2.27. The van der Waals surface area contributed by atoms with Gasteiger partial charge >= 0.3 is 6.18 Å². The minimum absolute atomic E-state index is 0.00913. The second-order valence-electron chi connectivity index (χ2n) is 4.14. The van der Waals surface area contributed by atoms with Gasteiger partial charge in [0.2, 0.25) is 0 Å². The quantitative estimate of drug-likeness (QED) is 0.795. The molecular weight excluding hydrogens is 304 g/mol. The fourth-order valence-corrected chi connectivity index (χ4v) is 1.66. The van der Waals surface area contributed by atoms with Crippen LogP contribution in [0.2, 0.25) is 10.2 Å². The highest BCUT2D eigenvalue weighted by Gasteiger charge is 2.34. The molecule has 0 aromatic carbocycles. The highest BCUT2D eigenvalue weighted by atomic mass is 35.5. The summed E-state index contributed by atoms with van der Waals surface area (Å²) in [5.41, 5.74) is -0.0349. The second kappa shape index (κ2) is 5.96. The molecule has 1 aromatic heterocycles. The van der Waals surface area contributed by atoms with Crippen LogP contribution < -0.4 is 0 Å². The first-order chi connectivity index (χ1) is 8.61. The van der Waals surface area contributed by atoms with E-state index in [1.807, 2.05) is 0 Å². The van der Waals surface area contributed by atoms with Crippen molar-refractivity contribution in [2.24, 2.45) is 0 Å². The molecule has 0 spiro atoms. The average molecular weight is 315 g/mol. The van der Waals surface area contributed by atoms with Gasteiger partial charge in [-0.15, -0.1) is 0 Å². The number of hydrogen-bond acceptors (Lipinski definition) is 2. The fraction of sp³-hybridized carbons (Fsp3) is 0.455. The molecule has 0 radical (unpaired) electrons. The van der Waals surface area contributed by atoms with Crippen LogP contribution in [0.3, 0.4) is 0 Å². The molecule has 0 fully saturated rings. The van der Waals surface area contributed by atoms with Crippen molar-refractivity contribution >= 4 is 29.1 Å². The van der Waals surface area contributed by atoms with Crippen molar-refractivity contribution in [3.63, 3.8) is 0 Å². The minimum Gasteiger partial charge on any atom is -0.327 e. The Labute approximate surface area is 118 Å². The zero-order valence-electron chi connectivity index (χ0n) is 10.1. The van der Waals surface area contributed by atoms with Crippen LogP contribution in [-0.4, -0.2) is 34.6 Å². The molecule has 1 rings (SSSR count). The van der Waals surface area contributed by atoms with Gasteiger partial charge in [-0.05, 0) is 19.9 Å². The van der Waals surface area contributed by atoms with Crippen LogP contribution in [0, 0.1) is 0 Å².